The van der Waals surface area contributed by atoms with Crippen molar-refractivity contribution in [3.05, 3.63) is 35.6 Å². The summed E-state index contributed by atoms with van der Waals surface area (Å²) < 4.78 is 28.2. The van der Waals surface area contributed by atoms with Gasteiger partial charge in [-0.1, -0.05) is 12.1 Å². The molecule has 1 rings (SSSR count). The van der Waals surface area contributed by atoms with Crippen molar-refractivity contribution in [2.75, 3.05) is 0 Å². The average Bonchev–Trinajstić information content (AvgIpc) is 2.17. The van der Waals surface area contributed by atoms with Gasteiger partial charge in [-0.25, -0.2) is 8.60 Å². The Bertz CT molecular complexity index is 418. The van der Waals surface area contributed by atoms with Gasteiger partial charge in [0.1, 0.15) is 16.8 Å². The Kier molecular flexibility index (Phi) is 3.97. The van der Waals surface area contributed by atoms with Gasteiger partial charge in [-0.15, -0.1) is 0 Å². The molecule has 88 valence electrons. The number of rotatable bonds is 2. The predicted molar refractivity (Wildman–Crippen MR) is 66.5 cm³/mol. The van der Waals surface area contributed by atoms with Crippen molar-refractivity contribution in [3.8, 4) is 0 Å². The first-order valence-electron chi connectivity index (χ1n) is 5.04. The normalized spacial score (nSPS) is 14.9. The van der Waals surface area contributed by atoms with Crippen LogP contribution in [-0.2, 0) is 11.0 Å². The molecule has 0 heterocycles. The minimum absolute atomic E-state index is 0.284. The van der Waals surface area contributed by atoms with Crippen LogP contribution in [0.2, 0.25) is 0 Å². The van der Waals surface area contributed by atoms with Crippen LogP contribution in [0.25, 0.3) is 0 Å². The monoisotopic (exact) mass is 241 g/mol. The van der Waals surface area contributed by atoms with Crippen LogP contribution < -0.4 is 0 Å². The van der Waals surface area contributed by atoms with Crippen molar-refractivity contribution in [2.45, 2.75) is 32.4 Å². The zero-order valence-corrected chi connectivity index (χ0v) is 10.8. The molecule has 1 aromatic rings. The fraction of sp³-hybridized carbons (Fsp3) is 0.417. The molecule has 0 aliphatic heterocycles. The molecule has 0 aliphatic carbocycles. The van der Waals surface area contributed by atoms with Crippen molar-refractivity contribution in [1.82, 2.24) is 0 Å². The molecular weight excluding hydrogens is 225 g/mol. The number of benzene rings is 1. The Balaban J connectivity index is 2.94. The number of hydrogen-bond acceptors (Lipinski definition) is 1. The zero-order valence-electron chi connectivity index (χ0n) is 9.95. The van der Waals surface area contributed by atoms with Gasteiger partial charge in [-0.05, 0) is 45.4 Å². The van der Waals surface area contributed by atoms with E-state index in [-0.39, 0.29) is 10.6 Å². The summed E-state index contributed by atoms with van der Waals surface area (Å²) in [7, 11) is -1.28. The van der Waals surface area contributed by atoms with Crippen molar-refractivity contribution < 1.29 is 8.60 Å². The van der Waals surface area contributed by atoms with Crippen molar-refractivity contribution in [2.24, 2.45) is 4.40 Å². The largest absolute Gasteiger partial charge is 0.234 e. The summed E-state index contributed by atoms with van der Waals surface area (Å²) >= 11 is 0. The third kappa shape index (κ3) is 3.52. The zero-order chi connectivity index (χ0) is 12.3. The summed E-state index contributed by atoms with van der Waals surface area (Å²) in [6.07, 6.45) is 0. The summed E-state index contributed by atoms with van der Waals surface area (Å²) in [5, 5.41) is 0. The van der Waals surface area contributed by atoms with E-state index in [4.69, 9.17) is 0 Å². The molecule has 4 heteroatoms. The Morgan fingerprint density at radius 3 is 2.19 bits per heavy atom. The van der Waals surface area contributed by atoms with E-state index >= 15 is 0 Å². The second kappa shape index (κ2) is 4.87. The first-order valence-corrected chi connectivity index (χ1v) is 6.14. The minimum Gasteiger partial charge on any atom is -0.234 e. The molecule has 1 aromatic carbocycles. The third-order valence-corrected chi connectivity index (χ3v) is 3.49. The first kappa shape index (κ1) is 13.0. The van der Waals surface area contributed by atoms with Crippen molar-refractivity contribution in [3.63, 3.8) is 0 Å². The molecular formula is C12H16FNOS. The molecule has 0 fully saturated rings. The summed E-state index contributed by atoms with van der Waals surface area (Å²) in [4.78, 5) is 0. The molecule has 0 spiro atoms. The van der Waals surface area contributed by atoms with Gasteiger partial charge in [-0.2, -0.15) is 4.40 Å². The highest BCUT2D eigenvalue weighted by Crippen LogP contribution is 2.14. The maximum Gasteiger partial charge on any atom is 0.145 e. The highest BCUT2D eigenvalue weighted by molar-refractivity contribution is 7.85. The lowest BCUT2D eigenvalue weighted by molar-refractivity contribution is 0.628. The average molecular weight is 241 g/mol. The van der Waals surface area contributed by atoms with E-state index < -0.39 is 11.0 Å². The van der Waals surface area contributed by atoms with Crippen LogP contribution in [0.15, 0.2) is 28.7 Å². The molecule has 0 N–H and O–H groups in total. The van der Waals surface area contributed by atoms with Crippen molar-refractivity contribution in [1.29, 1.82) is 0 Å². The van der Waals surface area contributed by atoms with Crippen LogP contribution in [-0.4, -0.2) is 14.7 Å². The Morgan fingerprint density at radius 2 is 1.75 bits per heavy atom. The molecule has 0 bridgehead atoms. The van der Waals surface area contributed by atoms with Gasteiger partial charge in [0.05, 0.1) is 10.5 Å². The SMILES string of the molecule is C/C(=N\[S@@](=O)C(C)(C)C)c1ccc(F)cc1. The Morgan fingerprint density at radius 1 is 1.25 bits per heavy atom. The lowest BCUT2D eigenvalue weighted by Crippen LogP contribution is -2.20. The first-order chi connectivity index (χ1) is 7.30. The molecule has 0 saturated carbocycles. The molecule has 2 nitrogen and oxygen atoms in total. The van der Waals surface area contributed by atoms with Gasteiger partial charge in [0.25, 0.3) is 0 Å². The van der Waals surface area contributed by atoms with Gasteiger partial charge < -0.3 is 0 Å². The van der Waals surface area contributed by atoms with Gasteiger partial charge >= 0.3 is 0 Å². The third-order valence-electron chi connectivity index (χ3n) is 2.01. The van der Waals surface area contributed by atoms with Crippen LogP contribution in [0.3, 0.4) is 0 Å². The topological polar surface area (TPSA) is 29.4 Å². The Labute approximate surface area is 98.2 Å². The summed E-state index contributed by atoms with van der Waals surface area (Å²) in [6, 6.07) is 6.00. The summed E-state index contributed by atoms with van der Waals surface area (Å²) in [5.74, 6) is -0.284. The van der Waals surface area contributed by atoms with Crippen LogP contribution in [0.1, 0.15) is 33.3 Å². The molecule has 0 unspecified atom stereocenters. The Hall–Kier alpha value is -1.03. The molecule has 0 aliphatic rings. The standard InChI is InChI=1S/C12H16FNOS/c1-9(14-16(15)12(2,3)4)10-5-7-11(13)8-6-10/h5-8H,1-4H3/b14-9+/t16-/m0/s1. The summed E-state index contributed by atoms with van der Waals surface area (Å²) in [6.45, 7) is 7.37. The van der Waals surface area contributed by atoms with E-state index in [0.29, 0.717) is 5.71 Å². The number of nitrogens with zero attached hydrogens (tertiary/aromatic N) is 1. The van der Waals surface area contributed by atoms with E-state index in [1.807, 2.05) is 20.8 Å². The van der Waals surface area contributed by atoms with Gasteiger partial charge in [0.2, 0.25) is 0 Å². The van der Waals surface area contributed by atoms with E-state index in [1.54, 1.807) is 19.1 Å². The fourth-order valence-electron chi connectivity index (χ4n) is 1.01. The second-order valence-electron chi connectivity index (χ2n) is 4.55. The molecule has 0 radical (unpaired) electrons. The van der Waals surface area contributed by atoms with Gasteiger partial charge in [0.15, 0.2) is 0 Å². The molecule has 0 amide bonds. The van der Waals surface area contributed by atoms with Crippen LogP contribution in [0.5, 0.6) is 0 Å². The number of hydrogen-bond donors (Lipinski definition) is 0. The van der Waals surface area contributed by atoms with Crippen LogP contribution in [0.4, 0.5) is 4.39 Å². The highest BCUT2D eigenvalue weighted by atomic mass is 32.2. The highest BCUT2D eigenvalue weighted by Gasteiger charge is 2.19. The molecule has 0 saturated heterocycles. The predicted octanol–water partition coefficient (Wildman–Crippen LogP) is 3.10. The van der Waals surface area contributed by atoms with Crippen molar-refractivity contribution >= 4 is 16.7 Å². The summed E-state index contributed by atoms with van der Waals surface area (Å²) in [5.41, 5.74) is 1.45. The van der Waals surface area contributed by atoms with Gasteiger partial charge in [0, 0.05) is 0 Å². The second-order valence-corrected chi connectivity index (χ2v) is 6.45. The smallest absolute Gasteiger partial charge is 0.145 e. The maximum absolute atomic E-state index is 12.7. The van der Waals surface area contributed by atoms with E-state index in [1.165, 1.54) is 12.1 Å². The van der Waals surface area contributed by atoms with E-state index in [9.17, 15) is 8.60 Å². The lowest BCUT2D eigenvalue weighted by Gasteiger charge is -2.14. The fourth-order valence-corrected chi connectivity index (χ4v) is 1.63. The molecule has 16 heavy (non-hydrogen) atoms. The van der Waals surface area contributed by atoms with Gasteiger partial charge in [-0.3, -0.25) is 0 Å². The maximum atomic E-state index is 12.7. The van der Waals surface area contributed by atoms with E-state index in [2.05, 4.69) is 4.40 Å². The lowest BCUT2D eigenvalue weighted by atomic mass is 10.1. The number of halogens is 1. The molecule has 0 aromatic heterocycles. The van der Waals surface area contributed by atoms with Crippen LogP contribution in [0, 0.1) is 5.82 Å². The van der Waals surface area contributed by atoms with E-state index in [0.717, 1.165) is 5.56 Å². The quantitative estimate of drug-likeness (QED) is 0.732. The minimum atomic E-state index is -1.28. The van der Waals surface area contributed by atoms with Crippen LogP contribution >= 0.6 is 0 Å². The molecule has 1 atom stereocenters.